The Morgan fingerprint density at radius 2 is 2.06 bits per heavy atom. The summed E-state index contributed by atoms with van der Waals surface area (Å²) in [5, 5.41) is 0. The first kappa shape index (κ1) is 12.6. The predicted molar refractivity (Wildman–Crippen MR) is 68.1 cm³/mol. The number of fused-ring (bicyclic) bond motifs is 1. The molecule has 92 valence electrons. The summed E-state index contributed by atoms with van der Waals surface area (Å²) in [6, 6.07) is 7.20. The average molecular weight is 272 g/mol. The van der Waals surface area contributed by atoms with Crippen molar-refractivity contribution >= 4 is 31.6 Å². The van der Waals surface area contributed by atoms with Crippen LogP contribution in [0.2, 0.25) is 0 Å². The fraction of sp³-hybridized carbons (Fsp3) is 0.364. The van der Waals surface area contributed by atoms with Crippen molar-refractivity contribution in [3.8, 4) is 0 Å². The molecular weight excluding hydrogens is 259 g/mol. The van der Waals surface area contributed by atoms with Crippen LogP contribution in [0.1, 0.15) is 17.3 Å². The molecule has 1 aromatic rings. The average Bonchev–Trinajstić information content (AvgIpc) is 2.35. The van der Waals surface area contributed by atoms with Gasteiger partial charge in [-0.3, -0.25) is 4.79 Å². The van der Waals surface area contributed by atoms with Crippen molar-refractivity contribution in [3.05, 3.63) is 29.8 Å². The lowest BCUT2D eigenvalue weighted by molar-refractivity contribution is -0.169. The van der Waals surface area contributed by atoms with Crippen molar-refractivity contribution in [2.75, 3.05) is 23.6 Å². The number of carbonyl (C=O) groups excluding carboxylic acids is 1. The van der Waals surface area contributed by atoms with Crippen LogP contribution < -0.4 is 9.56 Å². The molecule has 1 aromatic carbocycles. The zero-order valence-corrected chi connectivity index (χ0v) is 11.1. The van der Waals surface area contributed by atoms with Gasteiger partial charge < -0.3 is 14.2 Å². The minimum atomic E-state index is -1.87. The maximum absolute atomic E-state index is 12.2. The van der Waals surface area contributed by atoms with E-state index in [0.29, 0.717) is 30.2 Å². The molecule has 1 unspecified atom stereocenters. The second kappa shape index (κ2) is 5.21. The Hall–Kier alpha value is -0.830. The summed E-state index contributed by atoms with van der Waals surface area (Å²) in [6.45, 7) is 2.72. The molecule has 0 spiro atoms. The first-order valence-electron chi connectivity index (χ1n) is 5.42. The molecule has 0 saturated heterocycles. The van der Waals surface area contributed by atoms with Crippen LogP contribution in [-0.2, 0) is 0 Å². The molecule has 1 atom stereocenters. The van der Waals surface area contributed by atoms with E-state index >= 15 is 0 Å². The highest BCUT2D eigenvalue weighted by Crippen LogP contribution is 2.46. The van der Waals surface area contributed by atoms with Gasteiger partial charge in [0.1, 0.15) is 0 Å². The van der Waals surface area contributed by atoms with Crippen molar-refractivity contribution in [2.24, 2.45) is 0 Å². The number of amides is 1. The number of nitrogens with zero attached hydrogens (tertiary/aromatic N) is 2. The lowest BCUT2D eigenvalue weighted by Crippen LogP contribution is -2.43. The van der Waals surface area contributed by atoms with E-state index in [9.17, 15) is 9.69 Å². The third kappa shape index (κ3) is 2.13. The molecule has 0 N–H and O–H groups in total. The molecule has 0 aromatic heterocycles. The molecule has 6 heteroatoms. The van der Waals surface area contributed by atoms with Crippen molar-refractivity contribution in [3.63, 3.8) is 0 Å². The fourth-order valence-electron chi connectivity index (χ4n) is 1.87. The summed E-state index contributed by atoms with van der Waals surface area (Å²) < 4.78 is 3.08. The lowest BCUT2D eigenvalue weighted by Gasteiger charge is -2.48. The van der Waals surface area contributed by atoms with Crippen molar-refractivity contribution in [1.82, 2.24) is 4.67 Å². The molecule has 17 heavy (non-hydrogen) atoms. The standard InChI is InChI=1S/C11H13ClN2O2P/c1-2-13-11(15)9-5-3-4-6-10(9)14(8-7-12)17(13)16/h3-6H,2,7-8H2,1H3/q-1. The number of hydrogen-bond acceptors (Lipinski definition) is 3. The second-order valence-electron chi connectivity index (χ2n) is 3.60. The monoisotopic (exact) mass is 271 g/mol. The summed E-state index contributed by atoms with van der Waals surface area (Å²) in [5.41, 5.74) is 1.30. The molecule has 1 aliphatic rings. The van der Waals surface area contributed by atoms with Gasteiger partial charge in [-0.25, -0.2) is 0 Å². The summed E-state index contributed by atoms with van der Waals surface area (Å²) in [4.78, 5) is 24.3. The van der Waals surface area contributed by atoms with E-state index in [1.165, 1.54) is 4.67 Å². The molecule has 0 saturated carbocycles. The smallest absolute Gasteiger partial charge is 0.259 e. The van der Waals surface area contributed by atoms with E-state index in [1.54, 1.807) is 16.8 Å². The highest BCUT2D eigenvalue weighted by molar-refractivity contribution is 7.50. The van der Waals surface area contributed by atoms with Crippen LogP contribution in [0.3, 0.4) is 0 Å². The third-order valence-corrected chi connectivity index (χ3v) is 4.53. The van der Waals surface area contributed by atoms with Crippen molar-refractivity contribution < 1.29 is 9.69 Å². The van der Waals surface area contributed by atoms with Gasteiger partial charge in [-0.1, -0.05) is 12.1 Å². The van der Waals surface area contributed by atoms with Gasteiger partial charge in [0, 0.05) is 27.4 Å². The minimum absolute atomic E-state index is 0.171. The Morgan fingerprint density at radius 1 is 1.35 bits per heavy atom. The second-order valence-corrected chi connectivity index (χ2v) is 5.45. The normalized spacial score (nSPS) is 19.5. The van der Waals surface area contributed by atoms with Crippen LogP contribution in [0.5, 0.6) is 0 Å². The molecule has 1 aliphatic heterocycles. The Balaban J connectivity index is 2.47. The topological polar surface area (TPSA) is 46.6 Å². The number of anilines is 1. The van der Waals surface area contributed by atoms with Gasteiger partial charge in [0.2, 0.25) is 0 Å². The molecular formula is C11H13ClN2O2P-. The number of para-hydroxylation sites is 1. The van der Waals surface area contributed by atoms with Crippen molar-refractivity contribution in [2.45, 2.75) is 6.92 Å². The highest BCUT2D eigenvalue weighted by atomic mass is 35.5. The molecule has 0 fully saturated rings. The number of alkyl halides is 1. The Morgan fingerprint density at radius 3 is 2.71 bits per heavy atom. The largest absolute Gasteiger partial charge is 0.796 e. The maximum atomic E-state index is 12.2. The highest BCUT2D eigenvalue weighted by Gasteiger charge is 2.30. The van der Waals surface area contributed by atoms with Gasteiger partial charge in [-0.2, -0.15) is 0 Å². The van der Waals surface area contributed by atoms with E-state index in [4.69, 9.17) is 11.6 Å². The summed E-state index contributed by atoms with van der Waals surface area (Å²) in [7, 11) is -1.87. The summed E-state index contributed by atoms with van der Waals surface area (Å²) >= 11 is 5.72. The molecule has 2 rings (SSSR count). The molecule has 0 bridgehead atoms. The molecule has 4 nitrogen and oxygen atoms in total. The first-order valence-corrected chi connectivity index (χ1v) is 7.12. The van der Waals surface area contributed by atoms with Crippen LogP contribution in [0.25, 0.3) is 0 Å². The van der Waals surface area contributed by atoms with E-state index in [-0.39, 0.29) is 5.91 Å². The summed E-state index contributed by atoms with van der Waals surface area (Å²) in [5.74, 6) is 0.205. The van der Waals surface area contributed by atoms with E-state index < -0.39 is 8.45 Å². The number of carbonyl (C=O) groups is 1. The van der Waals surface area contributed by atoms with Gasteiger partial charge in [-0.05, 0) is 19.1 Å². The quantitative estimate of drug-likeness (QED) is 0.622. The Kier molecular flexibility index (Phi) is 3.87. The van der Waals surface area contributed by atoms with E-state index in [1.807, 2.05) is 19.1 Å². The van der Waals surface area contributed by atoms with Crippen LogP contribution in [-0.4, -0.2) is 29.5 Å². The summed E-state index contributed by atoms with van der Waals surface area (Å²) in [6.07, 6.45) is 0. The number of hydrogen-bond donors (Lipinski definition) is 0. The molecule has 1 heterocycles. The Bertz CT molecular complexity index is 430. The zero-order chi connectivity index (χ0) is 12.4. The van der Waals surface area contributed by atoms with Crippen LogP contribution in [0.4, 0.5) is 5.69 Å². The number of benzene rings is 1. The lowest BCUT2D eigenvalue weighted by atomic mass is 10.1. The van der Waals surface area contributed by atoms with E-state index in [2.05, 4.69) is 0 Å². The minimum Gasteiger partial charge on any atom is -0.796 e. The third-order valence-electron chi connectivity index (χ3n) is 2.66. The maximum Gasteiger partial charge on any atom is 0.259 e. The fourth-order valence-corrected chi connectivity index (χ4v) is 3.55. The van der Waals surface area contributed by atoms with Gasteiger partial charge >= 0.3 is 0 Å². The van der Waals surface area contributed by atoms with E-state index in [0.717, 1.165) is 0 Å². The molecule has 0 aliphatic carbocycles. The SMILES string of the molecule is CCN1C(=O)c2ccccc2N(CCCl)P1[O-]. The van der Waals surface area contributed by atoms with Crippen LogP contribution in [0.15, 0.2) is 24.3 Å². The van der Waals surface area contributed by atoms with Crippen molar-refractivity contribution in [1.29, 1.82) is 0 Å². The van der Waals surface area contributed by atoms with Gasteiger partial charge in [0.15, 0.2) is 0 Å². The predicted octanol–water partition coefficient (Wildman–Crippen LogP) is 1.79. The Labute approximate surface area is 107 Å². The van der Waals surface area contributed by atoms with Crippen LogP contribution in [0, 0.1) is 0 Å². The zero-order valence-electron chi connectivity index (χ0n) is 9.47. The molecule has 1 amide bonds. The van der Waals surface area contributed by atoms with Gasteiger partial charge in [0.25, 0.3) is 5.91 Å². The first-order chi connectivity index (χ1) is 8.20. The number of rotatable bonds is 3. The van der Waals surface area contributed by atoms with Gasteiger partial charge in [0.05, 0.1) is 11.3 Å². The van der Waals surface area contributed by atoms with Crippen LogP contribution >= 0.6 is 20.1 Å². The van der Waals surface area contributed by atoms with Gasteiger partial charge in [-0.15, -0.1) is 11.6 Å². The molecule has 0 radical (unpaired) electrons. The number of halogens is 1.